The van der Waals surface area contributed by atoms with Gasteiger partial charge < -0.3 is 24.2 Å². The fourth-order valence-corrected chi connectivity index (χ4v) is 5.31. The fourth-order valence-electron chi connectivity index (χ4n) is 5.13. The third-order valence-corrected chi connectivity index (χ3v) is 9.05. The number of ketones is 1. The molecule has 1 atom stereocenters. The third kappa shape index (κ3) is 8.14. The van der Waals surface area contributed by atoms with Crippen molar-refractivity contribution in [2.45, 2.75) is 70.3 Å². The van der Waals surface area contributed by atoms with Crippen LogP contribution in [0.25, 0.3) is 11.3 Å². The van der Waals surface area contributed by atoms with Gasteiger partial charge in [0.05, 0.1) is 35.2 Å². The van der Waals surface area contributed by atoms with E-state index in [1.54, 1.807) is 50.4 Å². The average molecular weight is 675 g/mol. The highest BCUT2D eigenvalue weighted by molar-refractivity contribution is 6.31. The van der Waals surface area contributed by atoms with Crippen LogP contribution in [-0.2, 0) is 22.5 Å². The lowest BCUT2D eigenvalue weighted by molar-refractivity contribution is 0.0392. The van der Waals surface area contributed by atoms with Crippen molar-refractivity contribution in [1.82, 2.24) is 9.88 Å². The smallest absolute Gasteiger partial charge is 0.410 e. The van der Waals surface area contributed by atoms with E-state index < -0.39 is 23.1 Å². The van der Waals surface area contributed by atoms with Crippen LogP contribution in [0.3, 0.4) is 0 Å². The molecule has 0 radical (unpaired) electrons. The Kier molecular flexibility index (Phi) is 10.4. The number of nitrogens with zero attached hydrogens (tertiary/aromatic N) is 2. The van der Waals surface area contributed by atoms with Crippen LogP contribution in [0.15, 0.2) is 78.9 Å². The Bertz CT molecular complexity index is 1790. The Morgan fingerprint density at radius 1 is 1.00 bits per heavy atom. The molecule has 1 aliphatic carbocycles. The first-order valence-corrected chi connectivity index (χ1v) is 16.2. The fraction of sp³-hybridized carbons (Fsp3) is 0.342. The summed E-state index contributed by atoms with van der Waals surface area (Å²) in [6, 6.07) is 22.2. The second-order valence-corrected chi connectivity index (χ2v) is 13.2. The van der Waals surface area contributed by atoms with E-state index in [0.717, 1.165) is 18.4 Å². The van der Waals surface area contributed by atoms with E-state index in [9.17, 15) is 19.1 Å². The molecular formula is C38H40ClFN2O6. The Morgan fingerprint density at radius 2 is 1.73 bits per heavy atom. The minimum atomic E-state index is -1.56. The van der Waals surface area contributed by atoms with Crippen LogP contribution < -0.4 is 9.47 Å². The molecular weight excluding hydrogens is 635 g/mol. The van der Waals surface area contributed by atoms with Gasteiger partial charge in [0.1, 0.15) is 18.0 Å². The number of methoxy groups -OCH3 is 1. The molecule has 0 aliphatic heterocycles. The summed E-state index contributed by atoms with van der Waals surface area (Å²) >= 11 is 6.13. The van der Waals surface area contributed by atoms with Crippen LogP contribution in [0.1, 0.15) is 73.6 Å². The van der Waals surface area contributed by atoms with Gasteiger partial charge in [0.2, 0.25) is 0 Å². The van der Waals surface area contributed by atoms with E-state index in [2.05, 4.69) is 0 Å². The van der Waals surface area contributed by atoms with E-state index in [1.807, 2.05) is 44.2 Å². The number of carbonyl (C=O) groups excluding carboxylic acids is 2. The number of hydrogen-bond acceptors (Lipinski definition) is 7. The molecule has 3 aromatic carbocycles. The summed E-state index contributed by atoms with van der Waals surface area (Å²) in [5.41, 5.74) is 0.602. The van der Waals surface area contributed by atoms with Gasteiger partial charge in [0.25, 0.3) is 0 Å². The highest BCUT2D eigenvalue weighted by atomic mass is 35.5. The number of carbonyl (C=O) groups is 2. The highest BCUT2D eigenvalue weighted by Crippen LogP contribution is 2.37. The second-order valence-electron chi connectivity index (χ2n) is 12.8. The molecule has 0 saturated heterocycles. The van der Waals surface area contributed by atoms with Crippen molar-refractivity contribution in [3.8, 4) is 22.8 Å². The maximum absolute atomic E-state index is 14.1. The summed E-state index contributed by atoms with van der Waals surface area (Å²) in [5, 5.41) is 11.7. The molecule has 4 aromatic rings. The lowest BCUT2D eigenvalue weighted by Crippen LogP contribution is -2.43. The van der Waals surface area contributed by atoms with Gasteiger partial charge in [-0.2, -0.15) is 0 Å². The number of halogens is 2. The molecule has 1 unspecified atom stereocenters. The van der Waals surface area contributed by atoms with Gasteiger partial charge in [0.15, 0.2) is 17.3 Å². The Labute approximate surface area is 285 Å². The Hall–Kier alpha value is -4.47. The van der Waals surface area contributed by atoms with E-state index in [-0.39, 0.29) is 42.1 Å². The molecule has 1 aliphatic rings. The molecule has 1 aromatic heterocycles. The average Bonchev–Trinajstić information content (AvgIpc) is 3.91. The molecule has 1 amide bonds. The van der Waals surface area contributed by atoms with Gasteiger partial charge >= 0.3 is 6.09 Å². The van der Waals surface area contributed by atoms with Crippen LogP contribution in [-0.4, -0.2) is 47.1 Å². The largest absolute Gasteiger partial charge is 0.493 e. The lowest BCUT2D eigenvalue weighted by atomic mass is 9.87. The van der Waals surface area contributed by atoms with Gasteiger partial charge in [-0.25, -0.2) is 14.2 Å². The van der Waals surface area contributed by atoms with Crippen molar-refractivity contribution in [3.05, 3.63) is 112 Å². The molecule has 252 valence electrons. The first-order valence-electron chi connectivity index (χ1n) is 15.8. The van der Waals surface area contributed by atoms with Crippen molar-refractivity contribution in [2.75, 3.05) is 14.2 Å². The van der Waals surface area contributed by atoms with Gasteiger partial charge in [-0.1, -0.05) is 41.9 Å². The monoisotopic (exact) mass is 674 g/mol. The first kappa shape index (κ1) is 34.9. The summed E-state index contributed by atoms with van der Waals surface area (Å²) < 4.78 is 31.0. The molecule has 1 N–H and O–H groups in total. The highest BCUT2D eigenvalue weighted by Gasteiger charge is 2.35. The maximum atomic E-state index is 14.1. The standard InChI is InChI=1S/C38H40ClFN2O6/c1-37(2,42(4)36(44)47-23-24-9-7-6-8-10-24)27-21-31(25-11-15-30(40)29(39)19-25)41-35(22-27)38(3,45)18-17-32(43)26-12-16-33(34(20-26)46-5)48-28-13-14-28/h6-12,15-16,19-22,28,45H,13-14,17-18,23H2,1-5H3. The molecule has 5 rings (SSSR count). The van der Waals surface area contributed by atoms with Crippen LogP contribution >= 0.6 is 11.6 Å². The number of benzene rings is 3. The summed E-state index contributed by atoms with van der Waals surface area (Å²) in [5.74, 6) is 0.307. The van der Waals surface area contributed by atoms with Gasteiger partial charge in [-0.15, -0.1) is 0 Å². The summed E-state index contributed by atoms with van der Waals surface area (Å²) in [6.45, 7) is 5.39. The van der Waals surface area contributed by atoms with Gasteiger partial charge in [-0.05, 0) is 99.7 Å². The zero-order valence-corrected chi connectivity index (χ0v) is 28.5. The second kappa shape index (κ2) is 14.3. The lowest BCUT2D eigenvalue weighted by Gasteiger charge is -2.36. The van der Waals surface area contributed by atoms with E-state index in [4.69, 9.17) is 30.8 Å². The minimum Gasteiger partial charge on any atom is -0.493 e. The molecule has 10 heteroatoms. The van der Waals surface area contributed by atoms with E-state index >= 15 is 0 Å². The normalized spacial score (nSPS) is 14.2. The number of amides is 1. The molecule has 48 heavy (non-hydrogen) atoms. The summed E-state index contributed by atoms with van der Waals surface area (Å²) in [7, 11) is 3.16. The third-order valence-electron chi connectivity index (χ3n) is 8.76. The van der Waals surface area contributed by atoms with Crippen LogP contribution in [0.2, 0.25) is 5.02 Å². The van der Waals surface area contributed by atoms with Crippen LogP contribution in [0.5, 0.6) is 11.5 Å². The Balaban J connectivity index is 1.41. The SMILES string of the molecule is COc1cc(C(=O)CCC(C)(O)c2cc(C(C)(C)N(C)C(=O)OCc3ccccc3)cc(-c3ccc(F)c(Cl)c3)n2)ccc1OC1CC1. The van der Waals surface area contributed by atoms with Crippen molar-refractivity contribution in [1.29, 1.82) is 0 Å². The number of aromatic nitrogens is 1. The van der Waals surface area contributed by atoms with Gasteiger partial charge in [0, 0.05) is 24.6 Å². The van der Waals surface area contributed by atoms with Gasteiger partial charge in [-0.3, -0.25) is 4.79 Å². The number of aliphatic hydroxyl groups is 1. The number of rotatable bonds is 13. The predicted molar refractivity (Wildman–Crippen MR) is 182 cm³/mol. The zero-order chi connectivity index (χ0) is 34.6. The minimum absolute atomic E-state index is 0.0116. The molecule has 8 nitrogen and oxygen atoms in total. The van der Waals surface area contributed by atoms with E-state index in [1.165, 1.54) is 24.1 Å². The van der Waals surface area contributed by atoms with Crippen molar-refractivity contribution < 1.29 is 33.3 Å². The first-order chi connectivity index (χ1) is 22.8. The topological polar surface area (TPSA) is 98.2 Å². The number of ether oxygens (including phenoxy) is 3. The zero-order valence-electron chi connectivity index (χ0n) is 27.8. The quantitative estimate of drug-likeness (QED) is 0.142. The van der Waals surface area contributed by atoms with Crippen molar-refractivity contribution in [3.63, 3.8) is 0 Å². The summed E-state index contributed by atoms with van der Waals surface area (Å²) in [6.07, 6.45) is 1.68. The number of pyridine rings is 1. The van der Waals surface area contributed by atoms with E-state index in [0.29, 0.717) is 33.9 Å². The number of Topliss-reactive ketones (excluding diaryl/α,β-unsaturated/α-hetero) is 1. The molecule has 0 bridgehead atoms. The predicted octanol–water partition coefficient (Wildman–Crippen LogP) is 8.47. The van der Waals surface area contributed by atoms with Crippen LogP contribution in [0, 0.1) is 5.82 Å². The van der Waals surface area contributed by atoms with Crippen LogP contribution in [0.4, 0.5) is 9.18 Å². The molecule has 1 saturated carbocycles. The van der Waals surface area contributed by atoms with Crippen molar-refractivity contribution >= 4 is 23.5 Å². The molecule has 0 spiro atoms. The molecule has 1 heterocycles. The molecule has 1 fully saturated rings. The number of hydrogen-bond donors (Lipinski definition) is 1. The Morgan fingerprint density at radius 3 is 2.40 bits per heavy atom. The summed E-state index contributed by atoms with van der Waals surface area (Å²) in [4.78, 5) is 32.7. The maximum Gasteiger partial charge on any atom is 0.410 e. The van der Waals surface area contributed by atoms with Crippen molar-refractivity contribution in [2.24, 2.45) is 0 Å².